The van der Waals surface area contributed by atoms with Crippen LogP contribution < -0.4 is 0 Å². The lowest BCUT2D eigenvalue weighted by Gasteiger charge is -2.49. The summed E-state index contributed by atoms with van der Waals surface area (Å²) in [5.41, 5.74) is 0. The summed E-state index contributed by atoms with van der Waals surface area (Å²) in [5.74, 6) is -1.35. The highest BCUT2D eigenvalue weighted by molar-refractivity contribution is 4.94. The SMILES string of the molecule is COCC1O[C@@H](O[C@@H]2C(OC)[C@H](OC)OC(COC)[C@@H]2CO)C(OC)[C@@H](CO)[C@H]1CO. The van der Waals surface area contributed by atoms with E-state index < -0.39 is 60.9 Å². The van der Waals surface area contributed by atoms with Crippen LogP contribution in [0, 0.1) is 17.8 Å². The summed E-state index contributed by atoms with van der Waals surface area (Å²) in [4.78, 5) is 0. The molecule has 0 amide bonds. The van der Waals surface area contributed by atoms with Crippen molar-refractivity contribution in [1.82, 2.24) is 0 Å². The van der Waals surface area contributed by atoms with Crippen molar-refractivity contribution >= 4 is 0 Å². The van der Waals surface area contributed by atoms with Crippen LogP contribution in [-0.2, 0) is 37.9 Å². The fourth-order valence-corrected chi connectivity index (χ4v) is 4.56. The Balaban J connectivity index is 2.34. The molecular weight excluding hydrogens is 416 g/mol. The Morgan fingerprint density at radius 2 is 1.10 bits per heavy atom. The lowest BCUT2D eigenvalue weighted by atomic mass is 9.81. The van der Waals surface area contributed by atoms with Crippen LogP contribution in [0.15, 0.2) is 0 Å². The molecule has 2 fully saturated rings. The summed E-state index contributed by atoms with van der Waals surface area (Å²) in [7, 11) is 7.56. The largest absolute Gasteiger partial charge is 0.396 e. The summed E-state index contributed by atoms with van der Waals surface area (Å²) < 4.78 is 45.6. The maximum Gasteiger partial charge on any atom is 0.186 e. The van der Waals surface area contributed by atoms with E-state index in [-0.39, 0.29) is 33.0 Å². The van der Waals surface area contributed by atoms with Gasteiger partial charge in [-0.1, -0.05) is 0 Å². The molecule has 0 bridgehead atoms. The van der Waals surface area contributed by atoms with Crippen molar-refractivity contribution in [2.75, 3.05) is 68.6 Å². The summed E-state index contributed by atoms with van der Waals surface area (Å²) in [5, 5.41) is 30.0. The van der Waals surface area contributed by atoms with E-state index in [1.54, 1.807) is 7.11 Å². The molecule has 184 valence electrons. The molecule has 2 aliphatic heterocycles. The summed E-state index contributed by atoms with van der Waals surface area (Å²) in [6.45, 7) is -0.256. The summed E-state index contributed by atoms with van der Waals surface area (Å²) >= 11 is 0. The van der Waals surface area contributed by atoms with Gasteiger partial charge in [-0.2, -0.15) is 0 Å². The minimum Gasteiger partial charge on any atom is -0.396 e. The van der Waals surface area contributed by atoms with Gasteiger partial charge < -0.3 is 53.2 Å². The van der Waals surface area contributed by atoms with Gasteiger partial charge in [-0.3, -0.25) is 0 Å². The molecule has 2 saturated heterocycles. The Labute approximate surface area is 183 Å². The van der Waals surface area contributed by atoms with Gasteiger partial charge in [0.15, 0.2) is 12.6 Å². The molecular formula is C20H38O11. The van der Waals surface area contributed by atoms with Crippen molar-refractivity contribution < 1.29 is 53.2 Å². The van der Waals surface area contributed by atoms with E-state index >= 15 is 0 Å². The summed E-state index contributed by atoms with van der Waals surface area (Å²) in [6, 6.07) is 0. The van der Waals surface area contributed by atoms with E-state index in [1.165, 1.54) is 28.4 Å². The van der Waals surface area contributed by atoms with E-state index in [2.05, 4.69) is 0 Å². The lowest BCUT2D eigenvalue weighted by molar-refractivity contribution is -0.353. The standard InChI is InChI=1S/C20H38O11/c1-24-9-14-11(6-21)12(7-22)17(26-3)20(30-14)31-16-13(8-23)15(10-25-2)29-19(28-5)18(16)27-4/h11-23H,6-10H2,1-5H3/t11-,12+,13+,14?,15?,16+,17?,18?,19-,20+/m1/s1. The minimum absolute atomic E-state index is 0.204. The second-order valence-electron chi connectivity index (χ2n) is 7.77. The van der Waals surface area contributed by atoms with E-state index in [1.807, 2.05) is 0 Å². The molecule has 2 rings (SSSR count). The van der Waals surface area contributed by atoms with Gasteiger partial charge >= 0.3 is 0 Å². The zero-order chi connectivity index (χ0) is 23.0. The Bertz CT molecular complexity index is 496. The number of aliphatic hydroxyl groups excluding tert-OH is 3. The van der Waals surface area contributed by atoms with Crippen LogP contribution in [-0.4, -0.2) is 127 Å². The van der Waals surface area contributed by atoms with Gasteiger partial charge in [-0.05, 0) is 0 Å². The fourth-order valence-electron chi connectivity index (χ4n) is 4.56. The zero-order valence-electron chi connectivity index (χ0n) is 18.9. The molecule has 0 aliphatic carbocycles. The maximum absolute atomic E-state index is 10.1. The van der Waals surface area contributed by atoms with E-state index in [4.69, 9.17) is 37.9 Å². The minimum atomic E-state index is -0.916. The Kier molecular flexibility index (Phi) is 11.5. The van der Waals surface area contributed by atoms with Crippen molar-refractivity contribution in [3.8, 4) is 0 Å². The second kappa shape index (κ2) is 13.3. The first-order valence-electron chi connectivity index (χ1n) is 10.4. The monoisotopic (exact) mass is 454 g/mol. The van der Waals surface area contributed by atoms with Gasteiger partial charge in [0.05, 0.1) is 38.1 Å². The van der Waals surface area contributed by atoms with Crippen molar-refractivity contribution in [2.45, 2.75) is 43.1 Å². The lowest BCUT2D eigenvalue weighted by Crippen LogP contribution is -2.63. The number of aliphatic hydroxyl groups is 3. The molecule has 0 radical (unpaired) electrons. The van der Waals surface area contributed by atoms with E-state index in [0.717, 1.165) is 0 Å². The molecule has 0 spiro atoms. The molecule has 4 unspecified atom stereocenters. The maximum atomic E-state index is 10.1. The normalized spacial score (nSPS) is 41.4. The number of methoxy groups -OCH3 is 5. The molecule has 0 saturated carbocycles. The molecule has 11 nitrogen and oxygen atoms in total. The van der Waals surface area contributed by atoms with Crippen LogP contribution in [0.1, 0.15) is 0 Å². The molecule has 0 aromatic carbocycles. The average molecular weight is 455 g/mol. The van der Waals surface area contributed by atoms with Crippen molar-refractivity contribution in [3.05, 3.63) is 0 Å². The molecule has 31 heavy (non-hydrogen) atoms. The van der Waals surface area contributed by atoms with Crippen LogP contribution in [0.5, 0.6) is 0 Å². The van der Waals surface area contributed by atoms with Gasteiger partial charge in [0.25, 0.3) is 0 Å². The van der Waals surface area contributed by atoms with Gasteiger partial charge in [0.2, 0.25) is 0 Å². The van der Waals surface area contributed by atoms with Gasteiger partial charge in [0, 0.05) is 66.5 Å². The quantitative estimate of drug-likeness (QED) is 0.322. The van der Waals surface area contributed by atoms with E-state index in [0.29, 0.717) is 0 Å². The van der Waals surface area contributed by atoms with Crippen molar-refractivity contribution in [2.24, 2.45) is 17.8 Å². The molecule has 3 N–H and O–H groups in total. The molecule has 10 atom stereocenters. The molecule has 11 heteroatoms. The van der Waals surface area contributed by atoms with Crippen molar-refractivity contribution in [1.29, 1.82) is 0 Å². The molecule has 2 aliphatic rings. The topological polar surface area (TPSA) is 135 Å². The Morgan fingerprint density at radius 1 is 0.581 bits per heavy atom. The third-order valence-electron chi connectivity index (χ3n) is 6.19. The zero-order valence-corrected chi connectivity index (χ0v) is 18.9. The van der Waals surface area contributed by atoms with Crippen LogP contribution in [0.25, 0.3) is 0 Å². The van der Waals surface area contributed by atoms with Gasteiger partial charge in [0.1, 0.15) is 12.2 Å². The number of hydrogen-bond donors (Lipinski definition) is 3. The van der Waals surface area contributed by atoms with Crippen LogP contribution in [0.4, 0.5) is 0 Å². The van der Waals surface area contributed by atoms with Crippen LogP contribution in [0.2, 0.25) is 0 Å². The van der Waals surface area contributed by atoms with Crippen molar-refractivity contribution in [3.63, 3.8) is 0 Å². The van der Waals surface area contributed by atoms with Crippen LogP contribution >= 0.6 is 0 Å². The molecule has 2 heterocycles. The Morgan fingerprint density at radius 3 is 1.55 bits per heavy atom. The number of rotatable bonds is 12. The highest BCUT2D eigenvalue weighted by Crippen LogP contribution is 2.37. The number of ether oxygens (including phenoxy) is 8. The first-order valence-corrected chi connectivity index (χ1v) is 10.4. The third-order valence-corrected chi connectivity index (χ3v) is 6.19. The van der Waals surface area contributed by atoms with Crippen LogP contribution in [0.3, 0.4) is 0 Å². The predicted molar refractivity (Wildman–Crippen MR) is 106 cm³/mol. The predicted octanol–water partition coefficient (Wildman–Crippen LogP) is -1.38. The second-order valence-corrected chi connectivity index (χ2v) is 7.77. The average Bonchev–Trinajstić information content (AvgIpc) is 2.78. The highest BCUT2D eigenvalue weighted by atomic mass is 16.7. The number of hydrogen-bond acceptors (Lipinski definition) is 11. The molecule has 0 aromatic rings. The highest BCUT2D eigenvalue weighted by Gasteiger charge is 2.52. The smallest absolute Gasteiger partial charge is 0.186 e. The fraction of sp³-hybridized carbons (Fsp3) is 1.00. The molecule has 0 aromatic heterocycles. The Hall–Kier alpha value is -0.440. The van der Waals surface area contributed by atoms with Gasteiger partial charge in [-0.15, -0.1) is 0 Å². The van der Waals surface area contributed by atoms with Gasteiger partial charge in [-0.25, -0.2) is 0 Å². The van der Waals surface area contributed by atoms with E-state index in [9.17, 15) is 15.3 Å². The summed E-state index contributed by atoms with van der Waals surface area (Å²) in [6.07, 6.45) is -4.72. The first kappa shape index (κ1) is 26.8. The third kappa shape index (κ3) is 5.92. The first-order chi connectivity index (χ1) is 15.0.